The maximum absolute atomic E-state index is 11.3. The van der Waals surface area contributed by atoms with E-state index in [4.69, 9.17) is 0 Å². The van der Waals surface area contributed by atoms with E-state index >= 15 is 0 Å². The Morgan fingerprint density at radius 2 is 1.55 bits per heavy atom. The Kier molecular flexibility index (Phi) is 4.10. The van der Waals surface area contributed by atoms with E-state index in [0.29, 0.717) is 12.0 Å². The van der Waals surface area contributed by atoms with E-state index in [0.717, 1.165) is 11.1 Å². The molecule has 2 rings (SSSR count). The maximum atomic E-state index is 11.3. The van der Waals surface area contributed by atoms with Gasteiger partial charge in [0.1, 0.15) is 0 Å². The van der Waals surface area contributed by atoms with Gasteiger partial charge in [0, 0.05) is 12.1 Å². The number of nitrogens with zero attached hydrogens (tertiary/aromatic N) is 1. The second kappa shape index (κ2) is 5.97. The lowest BCUT2D eigenvalue weighted by molar-refractivity contribution is -0.384. The first kappa shape index (κ1) is 13.7. The third-order valence-corrected chi connectivity index (χ3v) is 2.93. The van der Waals surface area contributed by atoms with Crippen LogP contribution in [0.15, 0.2) is 48.5 Å². The quantitative estimate of drug-likeness (QED) is 0.487. The summed E-state index contributed by atoms with van der Waals surface area (Å²) >= 11 is 0. The molecule has 2 aromatic rings. The van der Waals surface area contributed by atoms with E-state index in [9.17, 15) is 14.9 Å². The topological polar surface area (TPSA) is 69.4 Å². The number of carbonyl (C=O) groups is 1. The number of ether oxygens (including phenoxy) is 1. The van der Waals surface area contributed by atoms with Crippen molar-refractivity contribution in [3.8, 4) is 0 Å². The van der Waals surface area contributed by atoms with Gasteiger partial charge in [0.15, 0.2) is 0 Å². The predicted molar refractivity (Wildman–Crippen MR) is 73.7 cm³/mol. The monoisotopic (exact) mass is 271 g/mol. The van der Waals surface area contributed by atoms with Crippen LogP contribution in [-0.4, -0.2) is 18.0 Å². The molecule has 0 aliphatic carbocycles. The lowest BCUT2D eigenvalue weighted by atomic mass is 10.0. The molecule has 0 unspecified atom stereocenters. The molecule has 0 amide bonds. The summed E-state index contributed by atoms with van der Waals surface area (Å²) in [4.78, 5) is 21.4. The predicted octanol–water partition coefficient (Wildman–Crippen LogP) is 2.97. The highest BCUT2D eigenvalue weighted by Crippen LogP contribution is 2.15. The Hall–Kier alpha value is -2.69. The Morgan fingerprint density at radius 3 is 2.00 bits per heavy atom. The van der Waals surface area contributed by atoms with Crippen LogP contribution in [0.5, 0.6) is 0 Å². The SMILES string of the molecule is COC(=O)c1ccc(Cc2ccc([N+](=O)[O-])cc2)cc1. The first-order valence-corrected chi connectivity index (χ1v) is 6.01. The van der Waals surface area contributed by atoms with Gasteiger partial charge in [-0.1, -0.05) is 24.3 Å². The third kappa shape index (κ3) is 3.20. The Bertz CT molecular complexity index is 617. The van der Waals surface area contributed by atoms with E-state index < -0.39 is 4.92 Å². The lowest BCUT2D eigenvalue weighted by Crippen LogP contribution is -2.01. The van der Waals surface area contributed by atoms with E-state index in [2.05, 4.69) is 4.74 Å². The maximum Gasteiger partial charge on any atom is 0.337 e. The highest BCUT2D eigenvalue weighted by atomic mass is 16.6. The van der Waals surface area contributed by atoms with Crippen molar-refractivity contribution in [2.45, 2.75) is 6.42 Å². The van der Waals surface area contributed by atoms with Gasteiger partial charge in [-0.25, -0.2) is 4.79 Å². The van der Waals surface area contributed by atoms with Crippen molar-refractivity contribution in [1.29, 1.82) is 0 Å². The van der Waals surface area contributed by atoms with Gasteiger partial charge in [-0.05, 0) is 29.7 Å². The summed E-state index contributed by atoms with van der Waals surface area (Å²) in [6.45, 7) is 0. The van der Waals surface area contributed by atoms with Crippen molar-refractivity contribution >= 4 is 11.7 Å². The number of carbonyl (C=O) groups excluding carboxylic acids is 1. The molecule has 0 saturated heterocycles. The smallest absolute Gasteiger partial charge is 0.337 e. The number of methoxy groups -OCH3 is 1. The highest BCUT2D eigenvalue weighted by Gasteiger charge is 2.06. The molecule has 0 atom stereocenters. The van der Waals surface area contributed by atoms with E-state index in [-0.39, 0.29) is 11.7 Å². The molecule has 0 heterocycles. The van der Waals surface area contributed by atoms with Crippen molar-refractivity contribution in [2.24, 2.45) is 0 Å². The standard InChI is InChI=1S/C15H13NO4/c1-20-15(17)13-6-2-11(3-7-13)10-12-4-8-14(9-5-12)16(18)19/h2-9H,10H2,1H3. The summed E-state index contributed by atoms with van der Waals surface area (Å²) in [5.41, 5.74) is 2.57. The molecular weight excluding hydrogens is 258 g/mol. The summed E-state index contributed by atoms with van der Waals surface area (Å²) < 4.78 is 4.63. The van der Waals surface area contributed by atoms with Gasteiger partial charge in [-0.2, -0.15) is 0 Å². The molecule has 0 saturated carbocycles. The van der Waals surface area contributed by atoms with Crippen LogP contribution in [0, 0.1) is 10.1 Å². The molecule has 0 bridgehead atoms. The average molecular weight is 271 g/mol. The first-order valence-electron chi connectivity index (χ1n) is 6.01. The molecule has 0 spiro atoms. The zero-order valence-electron chi connectivity index (χ0n) is 10.9. The third-order valence-electron chi connectivity index (χ3n) is 2.93. The van der Waals surface area contributed by atoms with Crippen LogP contribution in [0.4, 0.5) is 5.69 Å². The number of esters is 1. The minimum Gasteiger partial charge on any atom is -0.465 e. The number of benzene rings is 2. The van der Waals surface area contributed by atoms with Gasteiger partial charge in [0.2, 0.25) is 0 Å². The number of nitro benzene ring substituents is 1. The van der Waals surface area contributed by atoms with Crippen LogP contribution < -0.4 is 0 Å². The molecule has 0 fully saturated rings. The largest absolute Gasteiger partial charge is 0.465 e. The van der Waals surface area contributed by atoms with Crippen LogP contribution in [0.2, 0.25) is 0 Å². The molecule has 0 aliphatic heterocycles. The Labute approximate surface area is 116 Å². The van der Waals surface area contributed by atoms with Gasteiger partial charge < -0.3 is 4.74 Å². The molecular formula is C15H13NO4. The lowest BCUT2D eigenvalue weighted by Gasteiger charge is -2.03. The molecule has 0 aliphatic rings. The molecule has 0 aromatic heterocycles. The molecule has 20 heavy (non-hydrogen) atoms. The van der Waals surface area contributed by atoms with Crippen molar-refractivity contribution in [2.75, 3.05) is 7.11 Å². The molecule has 102 valence electrons. The summed E-state index contributed by atoms with van der Waals surface area (Å²) in [6.07, 6.45) is 0.652. The molecule has 5 heteroatoms. The van der Waals surface area contributed by atoms with Gasteiger partial charge in [0.05, 0.1) is 17.6 Å². The van der Waals surface area contributed by atoms with Gasteiger partial charge in [0.25, 0.3) is 5.69 Å². The summed E-state index contributed by atoms with van der Waals surface area (Å²) in [5.74, 6) is -0.369. The van der Waals surface area contributed by atoms with E-state index in [1.165, 1.54) is 19.2 Å². The number of nitro groups is 1. The second-order valence-electron chi connectivity index (χ2n) is 4.29. The van der Waals surface area contributed by atoms with Crippen LogP contribution in [0.25, 0.3) is 0 Å². The van der Waals surface area contributed by atoms with Crippen molar-refractivity contribution < 1.29 is 14.5 Å². The van der Waals surface area contributed by atoms with Crippen LogP contribution in [0.3, 0.4) is 0 Å². The number of non-ortho nitro benzene ring substituents is 1. The Morgan fingerprint density at radius 1 is 1.05 bits per heavy atom. The van der Waals surface area contributed by atoms with Crippen LogP contribution >= 0.6 is 0 Å². The van der Waals surface area contributed by atoms with Crippen molar-refractivity contribution in [3.63, 3.8) is 0 Å². The number of rotatable bonds is 4. The van der Waals surface area contributed by atoms with Crippen LogP contribution in [0.1, 0.15) is 21.5 Å². The fourth-order valence-electron chi connectivity index (χ4n) is 1.85. The van der Waals surface area contributed by atoms with Crippen LogP contribution in [-0.2, 0) is 11.2 Å². The van der Waals surface area contributed by atoms with Gasteiger partial charge >= 0.3 is 5.97 Å². The van der Waals surface area contributed by atoms with Gasteiger partial charge in [-0.3, -0.25) is 10.1 Å². The number of hydrogen-bond acceptors (Lipinski definition) is 4. The molecule has 2 aromatic carbocycles. The second-order valence-corrected chi connectivity index (χ2v) is 4.29. The van der Waals surface area contributed by atoms with E-state index in [1.54, 1.807) is 24.3 Å². The summed E-state index contributed by atoms with van der Waals surface area (Å²) in [6, 6.07) is 13.5. The fourth-order valence-corrected chi connectivity index (χ4v) is 1.85. The minimum absolute atomic E-state index is 0.0785. The van der Waals surface area contributed by atoms with Crippen molar-refractivity contribution in [3.05, 3.63) is 75.3 Å². The summed E-state index contributed by atoms with van der Waals surface area (Å²) in [5, 5.41) is 10.6. The van der Waals surface area contributed by atoms with Gasteiger partial charge in [-0.15, -0.1) is 0 Å². The van der Waals surface area contributed by atoms with E-state index in [1.807, 2.05) is 12.1 Å². The normalized spacial score (nSPS) is 10.1. The average Bonchev–Trinajstić information content (AvgIpc) is 2.48. The highest BCUT2D eigenvalue weighted by molar-refractivity contribution is 5.89. The zero-order valence-corrected chi connectivity index (χ0v) is 10.9. The number of hydrogen-bond donors (Lipinski definition) is 0. The molecule has 5 nitrogen and oxygen atoms in total. The minimum atomic E-state index is -0.422. The molecule has 0 N–H and O–H groups in total. The summed E-state index contributed by atoms with van der Waals surface area (Å²) in [7, 11) is 1.34. The molecule has 0 radical (unpaired) electrons. The first-order chi connectivity index (χ1) is 9.60. The fraction of sp³-hybridized carbons (Fsp3) is 0.133. The Balaban J connectivity index is 2.10. The zero-order chi connectivity index (χ0) is 14.5. The van der Waals surface area contributed by atoms with Crippen molar-refractivity contribution in [1.82, 2.24) is 0 Å².